The molecule has 2 fully saturated rings. The van der Waals surface area contributed by atoms with Crippen molar-refractivity contribution in [2.24, 2.45) is 34.5 Å². The molecule has 2 bridgehead atoms. The van der Waals surface area contributed by atoms with Crippen LogP contribution in [0.2, 0.25) is 0 Å². The third-order valence-corrected chi connectivity index (χ3v) is 9.98. The molecule has 4 rings (SSSR count). The van der Waals surface area contributed by atoms with Crippen molar-refractivity contribution in [3.63, 3.8) is 0 Å². The lowest BCUT2D eigenvalue weighted by Crippen LogP contribution is -2.65. The Morgan fingerprint density at radius 2 is 1.84 bits per heavy atom. The Morgan fingerprint density at radius 1 is 1.22 bits per heavy atom. The number of aliphatic hydroxyl groups excluding tert-OH is 1. The van der Waals surface area contributed by atoms with Gasteiger partial charge < -0.3 is 19.7 Å². The van der Waals surface area contributed by atoms with Gasteiger partial charge in [0.1, 0.15) is 18.5 Å². The van der Waals surface area contributed by atoms with E-state index in [4.69, 9.17) is 9.47 Å². The molecule has 0 aromatic rings. The normalized spacial score (nSPS) is 40.4. The first-order valence-electron chi connectivity index (χ1n) is 13.3. The van der Waals surface area contributed by atoms with Crippen molar-refractivity contribution in [1.82, 2.24) is 0 Å². The van der Waals surface area contributed by atoms with Gasteiger partial charge >= 0.3 is 5.97 Å². The summed E-state index contributed by atoms with van der Waals surface area (Å²) in [7, 11) is 0. The highest BCUT2D eigenvalue weighted by molar-refractivity contribution is 5.96. The second-order valence-electron chi connectivity index (χ2n) is 12.1. The van der Waals surface area contributed by atoms with E-state index in [1.807, 2.05) is 32.9 Å². The van der Waals surface area contributed by atoms with Crippen molar-refractivity contribution in [2.75, 3.05) is 6.61 Å². The lowest BCUT2D eigenvalue weighted by Gasteiger charge is -2.48. The first-order chi connectivity index (χ1) is 17.2. The van der Waals surface area contributed by atoms with Crippen LogP contribution in [0.3, 0.4) is 0 Å². The molecule has 6 heteroatoms. The average molecular weight is 511 g/mol. The number of ketones is 1. The van der Waals surface area contributed by atoms with Crippen molar-refractivity contribution in [1.29, 1.82) is 0 Å². The molecule has 0 aliphatic heterocycles. The molecule has 0 heterocycles. The maximum Gasteiger partial charge on any atom is 0.334 e. The van der Waals surface area contributed by atoms with E-state index < -0.39 is 35.1 Å². The predicted octanol–water partition coefficient (Wildman–Crippen LogP) is 4.84. The predicted molar refractivity (Wildman–Crippen MR) is 142 cm³/mol. The van der Waals surface area contributed by atoms with Gasteiger partial charge in [-0.1, -0.05) is 51.7 Å². The largest absolute Gasteiger partial charge is 0.490 e. The van der Waals surface area contributed by atoms with Gasteiger partial charge in [-0.3, -0.25) is 4.79 Å². The Bertz CT molecular complexity index is 1150. The van der Waals surface area contributed by atoms with E-state index in [1.54, 1.807) is 32.9 Å². The minimum atomic E-state index is -2.07. The van der Waals surface area contributed by atoms with Crippen molar-refractivity contribution in [3.8, 4) is 0 Å². The number of Topliss-reactive ketones (excluding diaryl/α,β-unsaturated/α-hetero) is 1. The zero-order valence-electron chi connectivity index (χ0n) is 23.4. The SMILES string of the molecule is C=C(OCC1=C[C@@H]2C(=O)[C@]3(C=C(C)[C@H](OC(=O)/C(C)=C\C)[C@@]3(O)[C@@H]1O)[C@H](C)C[C@@H]1[C@H]2C1(C)C)/C(C)=C\C. The van der Waals surface area contributed by atoms with Crippen LogP contribution in [0.25, 0.3) is 0 Å². The van der Waals surface area contributed by atoms with Crippen molar-refractivity contribution >= 4 is 11.8 Å². The number of fused-ring (bicyclic) bond motifs is 3. The topological polar surface area (TPSA) is 93.1 Å². The second kappa shape index (κ2) is 9.09. The minimum Gasteiger partial charge on any atom is -0.490 e. The fourth-order valence-corrected chi connectivity index (χ4v) is 7.34. The number of carbonyl (C=O) groups excluding carboxylic acids is 2. The second-order valence-corrected chi connectivity index (χ2v) is 12.1. The summed E-state index contributed by atoms with van der Waals surface area (Å²) in [6, 6.07) is 0. The van der Waals surface area contributed by atoms with E-state index >= 15 is 0 Å². The van der Waals surface area contributed by atoms with E-state index in [9.17, 15) is 19.8 Å². The maximum atomic E-state index is 14.6. The number of carbonyl (C=O) groups is 2. The molecule has 2 N–H and O–H groups in total. The molecule has 0 saturated heterocycles. The maximum absolute atomic E-state index is 14.6. The van der Waals surface area contributed by atoms with E-state index in [-0.39, 0.29) is 29.6 Å². The molecule has 2 saturated carbocycles. The lowest BCUT2D eigenvalue weighted by atomic mass is 9.59. The summed E-state index contributed by atoms with van der Waals surface area (Å²) in [5, 5.41) is 24.6. The van der Waals surface area contributed by atoms with Crippen molar-refractivity contribution in [3.05, 3.63) is 58.9 Å². The van der Waals surface area contributed by atoms with Gasteiger partial charge in [0.15, 0.2) is 17.5 Å². The van der Waals surface area contributed by atoms with Crippen LogP contribution in [0.5, 0.6) is 0 Å². The first kappa shape index (κ1) is 27.6. The number of hydrogen-bond donors (Lipinski definition) is 2. The van der Waals surface area contributed by atoms with Crippen LogP contribution >= 0.6 is 0 Å². The minimum absolute atomic E-state index is 0.0243. The molecule has 0 aromatic carbocycles. The molecule has 6 nitrogen and oxygen atoms in total. The van der Waals surface area contributed by atoms with Gasteiger partial charge in [0.2, 0.25) is 0 Å². The van der Waals surface area contributed by atoms with E-state index in [1.165, 1.54) is 0 Å². The molecule has 4 aliphatic carbocycles. The highest BCUT2D eigenvalue weighted by Gasteiger charge is 2.76. The summed E-state index contributed by atoms with van der Waals surface area (Å²) < 4.78 is 11.8. The fourth-order valence-electron chi connectivity index (χ4n) is 7.34. The van der Waals surface area contributed by atoms with E-state index in [0.717, 1.165) is 12.0 Å². The molecule has 0 unspecified atom stereocenters. The zero-order chi connectivity index (χ0) is 27.7. The number of ether oxygens (including phenoxy) is 2. The van der Waals surface area contributed by atoms with Crippen molar-refractivity contribution in [2.45, 2.75) is 79.6 Å². The van der Waals surface area contributed by atoms with Gasteiger partial charge in [0, 0.05) is 11.5 Å². The van der Waals surface area contributed by atoms with Crippen LogP contribution in [0, 0.1) is 34.5 Å². The Balaban J connectivity index is 1.86. The summed E-state index contributed by atoms with van der Waals surface area (Å²) in [5.41, 5.74) is -1.26. The van der Waals surface area contributed by atoms with Crippen LogP contribution in [-0.2, 0) is 19.1 Å². The number of esters is 1. The molecule has 8 atom stereocenters. The number of rotatable bonds is 6. The highest BCUT2D eigenvalue weighted by atomic mass is 16.6. The van der Waals surface area contributed by atoms with Gasteiger partial charge in [-0.15, -0.1) is 0 Å². The summed E-state index contributed by atoms with van der Waals surface area (Å²) >= 11 is 0. The fraction of sp³-hybridized carbons (Fsp3) is 0.613. The molecule has 1 spiro atoms. The molecule has 4 aliphatic rings. The highest BCUT2D eigenvalue weighted by Crippen LogP contribution is 2.71. The Labute approximate surface area is 220 Å². The Kier molecular flexibility index (Phi) is 6.78. The molecular weight excluding hydrogens is 468 g/mol. The van der Waals surface area contributed by atoms with Gasteiger partial charge in [-0.2, -0.15) is 0 Å². The van der Waals surface area contributed by atoms with Crippen LogP contribution in [0.15, 0.2) is 58.9 Å². The zero-order valence-corrected chi connectivity index (χ0v) is 23.4. The third kappa shape index (κ3) is 3.74. The van der Waals surface area contributed by atoms with Crippen LogP contribution < -0.4 is 0 Å². The molecule has 0 aromatic heterocycles. The molecule has 0 amide bonds. The summed E-state index contributed by atoms with van der Waals surface area (Å²) in [6.07, 6.45) is 5.21. The standard InChI is InChI=1S/C31H42O6/c1-10-16(3)20(7)36-15-21-13-22-24-23(29(24,8)9)12-19(6)30(26(22)33)14-18(5)27(31(30,35)25(21)32)37-28(34)17(4)11-2/h10-11,13-14,19,22-25,27,32,35H,7,12,15H2,1-6,8-9H3/b16-10-,17-11-/t19-,22+,23-,24+,25-,27+,30+,31+/m1/s1. The summed E-state index contributed by atoms with van der Waals surface area (Å²) in [4.78, 5) is 27.4. The number of aliphatic hydroxyl groups is 2. The molecule has 202 valence electrons. The van der Waals surface area contributed by atoms with Crippen LogP contribution in [-0.4, -0.2) is 46.4 Å². The van der Waals surface area contributed by atoms with Gasteiger partial charge in [0.05, 0.1) is 5.41 Å². The van der Waals surface area contributed by atoms with E-state index in [2.05, 4.69) is 20.4 Å². The number of hydrogen-bond acceptors (Lipinski definition) is 6. The lowest BCUT2D eigenvalue weighted by molar-refractivity contribution is -0.201. The van der Waals surface area contributed by atoms with Gasteiger partial charge in [-0.05, 0) is 80.9 Å². The molecule has 0 radical (unpaired) electrons. The molecular formula is C31H42O6. The van der Waals surface area contributed by atoms with Gasteiger partial charge in [0.25, 0.3) is 0 Å². The quantitative estimate of drug-likeness (QED) is 0.175. The van der Waals surface area contributed by atoms with Crippen LogP contribution in [0.1, 0.15) is 61.8 Å². The molecule has 37 heavy (non-hydrogen) atoms. The smallest absolute Gasteiger partial charge is 0.334 e. The Hall–Kier alpha value is -2.44. The van der Waals surface area contributed by atoms with Crippen molar-refractivity contribution < 1.29 is 29.3 Å². The average Bonchev–Trinajstić information content (AvgIpc) is 3.35. The van der Waals surface area contributed by atoms with Gasteiger partial charge in [-0.25, -0.2) is 4.79 Å². The number of allylic oxidation sites excluding steroid dienone is 4. The van der Waals surface area contributed by atoms with Crippen LogP contribution in [0.4, 0.5) is 0 Å². The monoisotopic (exact) mass is 510 g/mol. The third-order valence-electron chi connectivity index (χ3n) is 9.98. The Morgan fingerprint density at radius 3 is 2.43 bits per heavy atom. The van der Waals surface area contributed by atoms with E-state index in [0.29, 0.717) is 28.4 Å². The summed E-state index contributed by atoms with van der Waals surface area (Å²) in [5.74, 6) is -0.581. The first-order valence-corrected chi connectivity index (χ1v) is 13.3. The summed E-state index contributed by atoms with van der Waals surface area (Å²) in [6.45, 7) is 19.2.